The molecule has 0 amide bonds. The molecule has 0 aromatic heterocycles. The first-order chi connectivity index (χ1) is 9.93. The molecular weight excluding hydrogens is 248 g/mol. The van der Waals surface area contributed by atoms with Crippen LogP contribution >= 0.6 is 0 Å². The topological polar surface area (TPSA) is 21.8 Å². The Morgan fingerprint density at radius 2 is 1.50 bits per heavy atom. The molecule has 1 heterocycles. The van der Waals surface area contributed by atoms with Gasteiger partial charge >= 0.3 is 0 Å². The molecular formula is C18H34O2. The third kappa shape index (κ3) is 12.7. The quantitative estimate of drug-likeness (QED) is 0.232. The van der Waals surface area contributed by atoms with Crippen LogP contribution < -0.4 is 0 Å². The molecule has 1 rings (SSSR count). The molecule has 1 aliphatic rings. The summed E-state index contributed by atoms with van der Waals surface area (Å²) in [5.41, 5.74) is 0. The van der Waals surface area contributed by atoms with Crippen molar-refractivity contribution >= 4 is 0 Å². The van der Waals surface area contributed by atoms with Crippen LogP contribution in [-0.2, 0) is 9.47 Å². The van der Waals surface area contributed by atoms with Crippen molar-refractivity contribution in [3.05, 3.63) is 12.2 Å². The monoisotopic (exact) mass is 282 g/mol. The van der Waals surface area contributed by atoms with Crippen molar-refractivity contribution in [1.82, 2.24) is 0 Å². The largest absolute Gasteiger partial charge is 0.378 e. The average Bonchev–Trinajstić information content (AvgIpc) is 3.27. The fraction of sp³-hybridized carbons (Fsp3) is 0.889. The molecule has 0 radical (unpaired) electrons. The normalized spacial score (nSPS) is 17.9. The third-order valence-corrected chi connectivity index (χ3v) is 3.78. The first-order valence-electron chi connectivity index (χ1n) is 8.78. The van der Waals surface area contributed by atoms with Crippen LogP contribution in [0.1, 0.15) is 77.6 Å². The van der Waals surface area contributed by atoms with Gasteiger partial charge in [-0.1, -0.05) is 70.4 Å². The lowest BCUT2D eigenvalue weighted by Crippen LogP contribution is -2.01. The lowest BCUT2D eigenvalue weighted by molar-refractivity contribution is 0.120. The number of hydrogen-bond donors (Lipinski definition) is 0. The van der Waals surface area contributed by atoms with Gasteiger partial charge in [-0.2, -0.15) is 0 Å². The van der Waals surface area contributed by atoms with E-state index in [0.29, 0.717) is 6.10 Å². The van der Waals surface area contributed by atoms with Gasteiger partial charge in [0.2, 0.25) is 0 Å². The van der Waals surface area contributed by atoms with E-state index in [1.165, 1.54) is 64.2 Å². The van der Waals surface area contributed by atoms with Gasteiger partial charge in [0, 0.05) is 0 Å². The zero-order chi connectivity index (χ0) is 14.3. The van der Waals surface area contributed by atoms with Crippen LogP contribution in [0.25, 0.3) is 0 Å². The minimum atomic E-state index is 0.404. The predicted molar refractivity (Wildman–Crippen MR) is 86.2 cm³/mol. The highest BCUT2D eigenvalue weighted by Gasteiger charge is 2.21. The first-order valence-corrected chi connectivity index (χ1v) is 8.78. The number of unbranched alkanes of at least 4 members (excludes halogenated alkanes) is 9. The zero-order valence-electron chi connectivity index (χ0n) is 13.4. The highest BCUT2D eigenvalue weighted by molar-refractivity contribution is 4.81. The summed E-state index contributed by atoms with van der Waals surface area (Å²) in [5.74, 6) is 0. The van der Waals surface area contributed by atoms with Gasteiger partial charge in [0.25, 0.3) is 0 Å². The van der Waals surface area contributed by atoms with Crippen molar-refractivity contribution in [3.8, 4) is 0 Å². The van der Waals surface area contributed by atoms with E-state index in [2.05, 4.69) is 19.1 Å². The van der Waals surface area contributed by atoms with Gasteiger partial charge in [-0.05, 0) is 19.3 Å². The Morgan fingerprint density at radius 1 is 0.900 bits per heavy atom. The third-order valence-electron chi connectivity index (χ3n) is 3.78. The van der Waals surface area contributed by atoms with Crippen LogP contribution in [0.4, 0.5) is 0 Å². The maximum Gasteiger partial charge on any atom is 0.104 e. The van der Waals surface area contributed by atoms with Crippen LogP contribution in [0, 0.1) is 0 Å². The average molecular weight is 282 g/mol. The van der Waals surface area contributed by atoms with Gasteiger partial charge in [-0.3, -0.25) is 0 Å². The Kier molecular flexibility index (Phi) is 12.1. The molecule has 0 aliphatic carbocycles. The van der Waals surface area contributed by atoms with Gasteiger partial charge < -0.3 is 9.47 Å². The Labute approximate surface area is 125 Å². The minimum Gasteiger partial charge on any atom is -0.378 e. The van der Waals surface area contributed by atoms with Gasteiger partial charge in [-0.25, -0.2) is 0 Å². The van der Waals surface area contributed by atoms with E-state index in [1.54, 1.807) is 0 Å². The number of allylic oxidation sites excluding steroid dienone is 1. The van der Waals surface area contributed by atoms with Gasteiger partial charge in [0.1, 0.15) is 6.10 Å². The number of rotatable bonds is 15. The van der Waals surface area contributed by atoms with E-state index >= 15 is 0 Å². The van der Waals surface area contributed by atoms with Crippen LogP contribution in [-0.4, -0.2) is 25.9 Å². The molecule has 1 fully saturated rings. The van der Waals surface area contributed by atoms with Crippen LogP contribution in [0.2, 0.25) is 0 Å². The maximum atomic E-state index is 5.48. The second kappa shape index (κ2) is 13.6. The molecule has 0 bridgehead atoms. The molecule has 0 N–H and O–H groups in total. The summed E-state index contributed by atoms with van der Waals surface area (Å²) in [6.45, 7) is 4.80. The Bertz CT molecular complexity index is 221. The molecule has 20 heavy (non-hydrogen) atoms. The highest BCUT2D eigenvalue weighted by atomic mass is 16.6. The van der Waals surface area contributed by atoms with Crippen LogP contribution in [0.5, 0.6) is 0 Å². The molecule has 2 nitrogen and oxygen atoms in total. The summed E-state index contributed by atoms with van der Waals surface area (Å²) in [5, 5.41) is 0. The fourth-order valence-corrected chi connectivity index (χ4v) is 2.34. The predicted octanol–water partition coefficient (Wildman–Crippen LogP) is 5.27. The van der Waals surface area contributed by atoms with Crippen molar-refractivity contribution in [1.29, 1.82) is 0 Å². The Hall–Kier alpha value is -0.340. The van der Waals surface area contributed by atoms with E-state index in [0.717, 1.165) is 26.2 Å². The van der Waals surface area contributed by atoms with Gasteiger partial charge in [-0.15, -0.1) is 0 Å². The number of hydrogen-bond acceptors (Lipinski definition) is 2. The van der Waals surface area contributed by atoms with Crippen molar-refractivity contribution in [2.45, 2.75) is 83.7 Å². The van der Waals surface area contributed by atoms with E-state index < -0.39 is 0 Å². The lowest BCUT2D eigenvalue weighted by Gasteiger charge is -2.00. The zero-order valence-corrected chi connectivity index (χ0v) is 13.4. The molecule has 118 valence electrons. The van der Waals surface area contributed by atoms with E-state index in [1.807, 2.05) is 0 Å². The highest BCUT2D eigenvalue weighted by Crippen LogP contribution is 2.11. The van der Waals surface area contributed by atoms with E-state index in [4.69, 9.17) is 9.47 Å². The summed E-state index contributed by atoms with van der Waals surface area (Å²) in [6, 6.07) is 0. The summed E-state index contributed by atoms with van der Waals surface area (Å²) < 4.78 is 10.6. The lowest BCUT2D eigenvalue weighted by atomic mass is 10.1. The maximum absolute atomic E-state index is 5.48. The summed E-state index contributed by atoms with van der Waals surface area (Å²) in [7, 11) is 0. The number of ether oxygens (including phenoxy) is 2. The van der Waals surface area contributed by atoms with Gasteiger partial charge in [0.15, 0.2) is 0 Å². The Balaban J connectivity index is 1.66. The molecule has 1 atom stereocenters. The molecule has 1 aliphatic heterocycles. The molecule has 2 heteroatoms. The number of epoxide rings is 1. The summed E-state index contributed by atoms with van der Waals surface area (Å²) in [4.78, 5) is 0. The smallest absolute Gasteiger partial charge is 0.104 e. The molecule has 1 unspecified atom stereocenters. The van der Waals surface area contributed by atoms with Crippen LogP contribution in [0.3, 0.4) is 0 Å². The van der Waals surface area contributed by atoms with E-state index in [9.17, 15) is 0 Å². The molecule has 0 aromatic rings. The molecule has 0 aromatic carbocycles. The summed E-state index contributed by atoms with van der Waals surface area (Å²) >= 11 is 0. The van der Waals surface area contributed by atoms with Crippen molar-refractivity contribution in [2.75, 3.05) is 19.8 Å². The molecule has 1 saturated heterocycles. The fourth-order valence-electron chi connectivity index (χ4n) is 2.34. The SMILES string of the molecule is CCCCCCCCCCC/C=C/CCOCC1CO1. The minimum absolute atomic E-state index is 0.404. The Morgan fingerprint density at radius 3 is 2.15 bits per heavy atom. The molecule has 0 spiro atoms. The summed E-state index contributed by atoms with van der Waals surface area (Å²) in [6.07, 6.45) is 20.0. The van der Waals surface area contributed by atoms with Crippen molar-refractivity contribution < 1.29 is 9.47 Å². The first kappa shape index (κ1) is 17.7. The second-order valence-electron chi connectivity index (χ2n) is 5.91. The standard InChI is InChI=1S/C18H34O2/c1-2-3-4-5-6-7-8-9-10-11-12-13-14-15-19-16-18-17-20-18/h12-13,18H,2-11,14-17H2,1H3/b13-12+. The van der Waals surface area contributed by atoms with Crippen LogP contribution in [0.15, 0.2) is 12.2 Å². The van der Waals surface area contributed by atoms with E-state index in [-0.39, 0.29) is 0 Å². The van der Waals surface area contributed by atoms with Crippen molar-refractivity contribution in [3.63, 3.8) is 0 Å². The van der Waals surface area contributed by atoms with Crippen molar-refractivity contribution in [2.24, 2.45) is 0 Å². The van der Waals surface area contributed by atoms with Gasteiger partial charge in [0.05, 0.1) is 19.8 Å². The molecule has 0 saturated carbocycles. The second-order valence-corrected chi connectivity index (χ2v) is 5.91.